The van der Waals surface area contributed by atoms with Gasteiger partial charge in [0.15, 0.2) is 17.2 Å². The number of nitrogens with zero attached hydrogens (tertiary/aromatic N) is 2. The van der Waals surface area contributed by atoms with Crippen LogP contribution in [-0.2, 0) is 14.9 Å². The molecule has 1 aromatic heterocycles. The minimum Gasteiger partial charge on any atom is -0.449 e. The van der Waals surface area contributed by atoms with Gasteiger partial charge in [0.05, 0.1) is 11.4 Å². The van der Waals surface area contributed by atoms with E-state index in [-0.39, 0.29) is 22.6 Å². The summed E-state index contributed by atoms with van der Waals surface area (Å²) in [5.74, 6) is -1.32. The summed E-state index contributed by atoms with van der Waals surface area (Å²) >= 11 is 0. The molecule has 3 aromatic rings. The summed E-state index contributed by atoms with van der Waals surface area (Å²) in [7, 11) is -6.01. The third-order valence-electron chi connectivity index (χ3n) is 4.58. The minimum atomic E-state index is -6.01. The van der Waals surface area contributed by atoms with Crippen LogP contribution in [0.4, 0.5) is 24.5 Å². The molecule has 7 nitrogen and oxygen atoms in total. The number of hydrogen-bond donors (Lipinski definition) is 0. The van der Waals surface area contributed by atoms with Crippen molar-refractivity contribution in [3.05, 3.63) is 48.3 Å². The van der Waals surface area contributed by atoms with Crippen molar-refractivity contribution in [1.82, 2.24) is 4.98 Å². The van der Waals surface area contributed by atoms with Crippen molar-refractivity contribution in [3.8, 4) is 17.2 Å². The molecule has 0 atom stereocenters. The van der Waals surface area contributed by atoms with Gasteiger partial charge in [0.25, 0.3) is 0 Å². The molecule has 0 unspecified atom stereocenters. The largest absolute Gasteiger partial charge is 0.534 e. The molecule has 4 rings (SSSR count). The van der Waals surface area contributed by atoms with Crippen molar-refractivity contribution < 1.29 is 35.3 Å². The van der Waals surface area contributed by atoms with E-state index in [4.69, 9.17) is 4.74 Å². The molecule has 156 valence electrons. The number of anilines is 2. The first-order valence-electron chi connectivity index (χ1n) is 8.51. The van der Waals surface area contributed by atoms with Crippen LogP contribution in [0.1, 0.15) is 12.5 Å². The molecule has 0 bridgehead atoms. The van der Waals surface area contributed by atoms with Crippen LogP contribution in [0, 0.1) is 6.92 Å². The van der Waals surface area contributed by atoms with E-state index < -0.39 is 27.3 Å². The molecule has 2 heterocycles. The molecular formula is C19H13F3N2O5S. The van der Waals surface area contributed by atoms with Crippen molar-refractivity contribution in [3.63, 3.8) is 0 Å². The number of halogens is 3. The molecule has 0 fully saturated rings. The summed E-state index contributed by atoms with van der Waals surface area (Å²) in [6.07, 6.45) is 2.56. The number of amides is 1. The molecule has 0 saturated heterocycles. The van der Waals surface area contributed by atoms with Gasteiger partial charge in [-0.15, -0.1) is 0 Å². The fourth-order valence-electron chi connectivity index (χ4n) is 3.32. The lowest BCUT2D eigenvalue weighted by Gasteiger charge is -2.33. The summed E-state index contributed by atoms with van der Waals surface area (Å²) in [6.45, 7) is 2.91. The number of alkyl halides is 3. The summed E-state index contributed by atoms with van der Waals surface area (Å²) in [6, 6.07) is 7.85. The molecule has 0 spiro atoms. The number of carbonyl (C=O) groups excluding carboxylic acids is 1. The summed E-state index contributed by atoms with van der Waals surface area (Å²) in [4.78, 5) is 17.6. The maximum atomic E-state index is 13.0. The molecule has 30 heavy (non-hydrogen) atoms. The highest BCUT2D eigenvalue weighted by Crippen LogP contribution is 2.55. The van der Waals surface area contributed by atoms with E-state index in [1.165, 1.54) is 36.4 Å². The van der Waals surface area contributed by atoms with E-state index in [0.717, 1.165) is 0 Å². The zero-order chi connectivity index (χ0) is 21.8. The van der Waals surface area contributed by atoms with E-state index in [0.29, 0.717) is 16.6 Å². The third kappa shape index (κ3) is 2.93. The van der Waals surface area contributed by atoms with Crippen LogP contribution in [0.5, 0.6) is 17.2 Å². The standard InChI is InChI=1S/C19H13F3N2O5S/c1-10-12-7-8-23-9-13(12)17(29-30(26,27)19(20,21)22)18-16(10)24(11(2)25)14-5-3-4-6-15(14)28-18/h3-9H,1-2H3. The molecule has 0 radical (unpaired) electrons. The summed E-state index contributed by atoms with van der Waals surface area (Å²) in [5, 5.41) is 0.342. The van der Waals surface area contributed by atoms with Gasteiger partial charge >= 0.3 is 15.6 Å². The monoisotopic (exact) mass is 438 g/mol. The number of hydrogen-bond acceptors (Lipinski definition) is 6. The van der Waals surface area contributed by atoms with Crippen LogP contribution >= 0.6 is 0 Å². The number of pyridine rings is 1. The smallest absolute Gasteiger partial charge is 0.449 e. The maximum absolute atomic E-state index is 13.0. The first-order chi connectivity index (χ1) is 14.0. The first kappa shape index (κ1) is 20.0. The number of para-hydroxylation sites is 2. The van der Waals surface area contributed by atoms with Gasteiger partial charge in [-0.3, -0.25) is 14.7 Å². The second-order valence-corrected chi connectivity index (χ2v) is 8.00. The Kier molecular flexibility index (Phi) is 4.38. The maximum Gasteiger partial charge on any atom is 0.534 e. The molecule has 1 aliphatic heterocycles. The number of ether oxygens (including phenoxy) is 1. The molecule has 0 N–H and O–H groups in total. The number of fused-ring (bicyclic) bond motifs is 3. The number of benzene rings is 2. The third-order valence-corrected chi connectivity index (χ3v) is 5.53. The van der Waals surface area contributed by atoms with Gasteiger partial charge in [0.2, 0.25) is 5.91 Å². The van der Waals surface area contributed by atoms with Crippen molar-refractivity contribution in [1.29, 1.82) is 0 Å². The molecule has 0 aliphatic carbocycles. The van der Waals surface area contributed by atoms with Crippen molar-refractivity contribution in [2.24, 2.45) is 0 Å². The Hall–Kier alpha value is -3.34. The Bertz CT molecular complexity index is 1310. The number of rotatable bonds is 2. The Morgan fingerprint density at radius 2 is 1.87 bits per heavy atom. The Labute approximate surface area is 168 Å². The number of aryl methyl sites for hydroxylation is 1. The quantitative estimate of drug-likeness (QED) is 0.431. The van der Waals surface area contributed by atoms with Gasteiger partial charge in [0, 0.05) is 24.7 Å². The normalized spacial score (nSPS) is 13.4. The van der Waals surface area contributed by atoms with E-state index in [1.54, 1.807) is 25.1 Å². The topological polar surface area (TPSA) is 85.8 Å². The van der Waals surface area contributed by atoms with Crippen molar-refractivity contribution in [2.75, 3.05) is 4.90 Å². The predicted molar refractivity (Wildman–Crippen MR) is 101 cm³/mol. The first-order valence-corrected chi connectivity index (χ1v) is 9.92. The average molecular weight is 438 g/mol. The lowest BCUT2D eigenvalue weighted by Crippen LogP contribution is -2.30. The van der Waals surface area contributed by atoms with Gasteiger partial charge in [-0.05, 0) is 36.1 Å². The zero-order valence-corrected chi connectivity index (χ0v) is 16.3. The van der Waals surface area contributed by atoms with Crippen molar-refractivity contribution in [2.45, 2.75) is 19.4 Å². The number of aromatic nitrogens is 1. The highest BCUT2D eigenvalue weighted by molar-refractivity contribution is 7.88. The van der Waals surface area contributed by atoms with Gasteiger partial charge < -0.3 is 8.92 Å². The summed E-state index contributed by atoms with van der Waals surface area (Å²) < 4.78 is 73.0. The molecule has 2 aromatic carbocycles. The molecule has 0 saturated carbocycles. The SMILES string of the molecule is CC(=O)N1c2ccccc2Oc2c1c(C)c1ccncc1c2OS(=O)(=O)C(F)(F)F. The molecular weight excluding hydrogens is 425 g/mol. The minimum absolute atomic E-state index is 0.00976. The second kappa shape index (κ2) is 6.59. The van der Waals surface area contributed by atoms with Crippen LogP contribution in [0.15, 0.2) is 42.7 Å². The van der Waals surface area contributed by atoms with Gasteiger partial charge in [-0.2, -0.15) is 21.6 Å². The fraction of sp³-hybridized carbons (Fsp3) is 0.158. The van der Waals surface area contributed by atoms with Crippen molar-refractivity contribution >= 4 is 38.2 Å². The Balaban J connectivity index is 2.10. The lowest BCUT2D eigenvalue weighted by molar-refractivity contribution is -0.115. The van der Waals surface area contributed by atoms with E-state index in [2.05, 4.69) is 9.17 Å². The van der Waals surface area contributed by atoms with E-state index >= 15 is 0 Å². The van der Waals surface area contributed by atoms with E-state index in [9.17, 15) is 26.4 Å². The molecule has 1 amide bonds. The van der Waals surface area contributed by atoms with Crippen LogP contribution in [-0.4, -0.2) is 24.8 Å². The fourth-order valence-corrected chi connectivity index (χ4v) is 3.80. The Morgan fingerprint density at radius 3 is 2.53 bits per heavy atom. The van der Waals surface area contributed by atoms with Crippen LogP contribution in [0.25, 0.3) is 10.8 Å². The highest BCUT2D eigenvalue weighted by atomic mass is 32.2. The zero-order valence-electron chi connectivity index (χ0n) is 15.5. The Morgan fingerprint density at radius 1 is 1.17 bits per heavy atom. The average Bonchev–Trinajstić information content (AvgIpc) is 2.68. The van der Waals surface area contributed by atoms with Gasteiger partial charge in [-0.25, -0.2) is 0 Å². The lowest BCUT2D eigenvalue weighted by atomic mass is 10.0. The predicted octanol–water partition coefficient (Wildman–Crippen LogP) is 4.56. The van der Waals surface area contributed by atoms with Gasteiger partial charge in [-0.1, -0.05) is 12.1 Å². The molecule has 1 aliphatic rings. The van der Waals surface area contributed by atoms with Crippen LogP contribution < -0.4 is 13.8 Å². The number of carbonyl (C=O) groups is 1. The van der Waals surface area contributed by atoms with Gasteiger partial charge in [0.1, 0.15) is 0 Å². The molecule has 11 heteroatoms. The van der Waals surface area contributed by atoms with E-state index in [1.807, 2.05) is 0 Å². The second-order valence-electron chi connectivity index (χ2n) is 6.46. The summed E-state index contributed by atoms with van der Waals surface area (Å²) in [5.41, 5.74) is -4.73. The highest BCUT2D eigenvalue weighted by Gasteiger charge is 2.49. The van der Waals surface area contributed by atoms with Crippen LogP contribution in [0.3, 0.4) is 0 Å². The van der Waals surface area contributed by atoms with Crippen LogP contribution in [0.2, 0.25) is 0 Å².